The van der Waals surface area contributed by atoms with Gasteiger partial charge in [0.1, 0.15) is 0 Å². The third-order valence-corrected chi connectivity index (χ3v) is 12.5. The Bertz CT molecular complexity index is 951. The van der Waals surface area contributed by atoms with Gasteiger partial charge in [-0.1, -0.05) is 250 Å². The third-order valence-electron chi connectivity index (χ3n) is 12.5. The van der Waals surface area contributed by atoms with E-state index in [-0.39, 0.29) is 18.5 Å². The van der Waals surface area contributed by atoms with E-state index in [0.29, 0.717) is 19.4 Å². The summed E-state index contributed by atoms with van der Waals surface area (Å²) in [4.78, 5) is 24.4. The van der Waals surface area contributed by atoms with Gasteiger partial charge in [0.25, 0.3) is 0 Å². The molecule has 0 fully saturated rings. The third kappa shape index (κ3) is 47.7. The molecule has 2 atom stereocenters. The summed E-state index contributed by atoms with van der Waals surface area (Å²) >= 11 is 0. The summed E-state index contributed by atoms with van der Waals surface area (Å²) in [6.45, 7) is 4.86. The van der Waals surface area contributed by atoms with Crippen LogP contribution in [0, 0.1) is 0 Å². The van der Waals surface area contributed by atoms with Crippen molar-refractivity contribution in [2.45, 2.75) is 302 Å². The predicted molar refractivity (Wildman–Crippen MR) is 264 cm³/mol. The van der Waals surface area contributed by atoms with Crippen LogP contribution in [0.3, 0.4) is 0 Å². The highest BCUT2D eigenvalue weighted by Gasteiger charge is 2.18. The lowest BCUT2D eigenvalue weighted by Crippen LogP contribution is -2.45. The first-order chi connectivity index (χ1) is 30.0. The zero-order valence-corrected chi connectivity index (χ0v) is 40.9. The zero-order chi connectivity index (χ0) is 44.4. The number of rotatable bonds is 50. The lowest BCUT2D eigenvalue weighted by Gasteiger charge is -2.20. The van der Waals surface area contributed by atoms with Gasteiger partial charge in [-0.3, -0.25) is 9.59 Å². The molecule has 1 amide bonds. The van der Waals surface area contributed by atoms with Crippen LogP contribution in [-0.2, 0) is 14.3 Å². The summed E-state index contributed by atoms with van der Waals surface area (Å²) in [5.41, 5.74) is 0. The van der Waals surface area contributed by atoms with Crippen molar-refractivity contribution in [3.05, 3.63) is 24.3 Å². The first kappa shape index (κ1) is 59.3. The molecule has 0 aliphatic carbocycles. The molecule has 6 heteroatoms. The highest BCUT2D eigenvalue weighted by molar-refractivity contribution is 5.76. The van der Waals surface area contributed by atoms with Gasteiger partial charge in [0.15, 0.2) is 0 Å². The van der Waals surface area contributed by atoms with Crippen LogP contribution in [0.25, 0.3) is 0 Å². The Hall–Kier alpha value is -1.66. The maximum Gasteiger partial charge on any atom is 0.305 e. The van der Waals surface area contributed by atoms with Crippen molar-refractivity contribution in [1.29, 1.82) is 0 Å². The number of aliphatic hydroxyl groups excluding tert-OH is 2. The molecule has 0 spiro atoms. The molecule has 0 aliphatic rings. The second kappa shape index (κ2) is 51.0. The Balaban J connectivity index is 3.42. The van der Waals surface area contributed by atoms with E-state index in [2.05, 4.69) is 31.3 Å². The SMILES string of the molecule is CCCC/C=C\CCCCCCCC(=O)OCCCCCCCCCCCCCCCCCCCCCCC(=O)NC(CO)C(O)/C=C/CCCCCCCCCCCCC. The molecule has 0 rings (SSSR count). The molecule has 0 heterocycles. The van der Waals surface area contributed by atoms with Crippen LogP contribution < -0.4 is 5.32 Å². The van der Waals surface area contributed by atoms with Gasteiger partial charge >= 0.3 is 5.97 Å². The van der Waals surface area contributed by atoms with E-state index in [4.69, 9.17) is 4.74 Å². The summed E-state index contributed by atoms with van der Waals surface area (Å²) in [6.07, 6.45) is 60.5. The van der Waals surface area contributed by atoms with Crippen molar-refractivity contribution < 1.29 is 24.5 Å². The highest BCUT2D eigenvalue weighted by Crippen LogP contribution is 2.17. The lowest BCUT2D eigenvalue weighted by molar-refractivity contribution is -0.143. The van der Waals surface area contributed by atoms with Gasteiger partial charge in [0, 0.05) is 12.8 Å². The molecule has 2 unspecified atom stereocenters. The largest absolute Gasteiger partial charge is 0.466 e. The van der Waals surface area contributed by atoms with Gasteiger partial charge in [0.2, 0.25) is 5.91 Å². The van der Waals surface area contributed by atoms with Gasteiger partial charge in [-0.15, -0.1) is 0 Å². The molecule has 0 aliphatic heterocycles. The summed E-state index contributed by atoms with van der Waals surface area (Å²) in [5.74, 6) is -0.0715. The standard InChI is InChI=1S/C55H105NO5/c1-3-5-7-9-11-13-15-24-28-31-35-39-43-47-53(58)52(51-57)56-54(59)48-44-40-36-32-29-25-22-20-18-16-17-19-21-23-26-30-34-38-42-46-50-61-55(60)49-45-41-37-33-27-14-12-10-8-6-4-2/h10,12,43,47,52-53,57-58H,3-9,11,13-42,44-46,48-51H2,1-2H3,(H,56,59)/b12-10-,47-43+. The number of amides is 1. The maximum absolute atomic E-state index is 12.4. The molecule has 0 radical (unpaired) electrons. The number of carbonyl (C=O) groups excluding carboxylic acids is 2. The first-order valence-corrected chi connectivity index (χ1v) is 27.1. The molecule has 3 N–H and O–H groups in total. The van der Waals surface area contributed by atoms with Crippen LogP contribution in [0.4, 0.5) is 0 Å². The average molecular weight is 860 g/mol. The van der Waals surface area contributed by atoms with Crippen LogP contribution >= 0.6 is 0 Å². The summed E-state index contributed by atoms with van der Waals surface area (Å²) in [7, 11) is 0. The van der Waals surface area contributed by atoms with Gasteiger partial charge < -0.3 is 20.3 Å². The van der Waals surface area contributed by atoms with E-state index in [1.165, 1.54) is 218 Å². The van der Waals surface area contributed by atoms with E-state index in [1.54, 1.807) is 6.08 Å². The van der Waals surface area contributed by atoms with Crippen LogP contribution in [0.1, 0.15) is 290 Å². The number of ether oxygens (including phenoxy) is 1. The minimum atomic E-state index is -0.844. The van der Waals surface area contributed by atoms with Gasteiger partial charge in [0.05, 0.1) is 25.4 Å². The molecule has 360 valence electrons. The van der Waals surface area contributed by atoms with Crippen molar-refractivity contribution in [1.82, 2.24) is 5.32 Å². The molecule has 6 nitrogen and oxygen atoms in total. The van der Waals surface area contributed by atoms with Gasteiger partial charge in [-0.2, -0.15) is 0 Å². The molecule has 0 saturated carbocycles. The molecule has 0 aromatic heterocycles. The smallest absolute Gasteiger partial charge is 0.305 e. The molecular weight excluding hydrogens is 755 g/mol. The Morgan fingerprint density at radius 3 is 1.21 bits per heavy atom. The van der Waals surface area contributed by atoms with Crippen LogP contribution in [-0.4, -0.2) is 47.4 Å². The molecule has 0 aromatic rings. The highest BCUT2D eigenvalue weighted by atomic mass is 16.5. The van der Waals surface area contributed by atoms with E-state index >= 15 is 0 Å². The van der Waals surface area contributed by atoms with Crippen LogP contribution in [0.2, 0.25) is 0 Å². The molecule has 0 bridgehead atoms. The first-order valence-electron chi connectivity index (χ1n) is 27.1. The van der Waals surface area contributed by atoms with Gasteiger partial charge in [-0.25, -0.2) is 0 Å². The number of carbonyl (C=O) groups is 2. The normalized spacial score (nSPS) is 12.8. The van der Waals surface area contributed by atoms with Crippen molar-refractivity contribution in [2.24, 2.45) is 0 Å². The van der Waals surface area contributed by atoms with E-state index in [9.17, 15) is 19.8 Å². The number of hydrogen-bond acceptors (Lipinski definition) is 5. The fraction of sp³-hybridized carbons (Fsp3) is 0.891. The number of aliphatic hydroxyl groups is 2. The van der Waals surface area contributed by atoms with Crippen LogP contribution in [0.15, 0.2) is 24.3 Å². The second-order valence-electron chi connectivity index (χ2n) is 18.6. The number of allylic oxidation sites excluding steroid dienone is 3. The predicted octanol–water partition coefficient (Wildman–Crippen LogP) is 16.3. The number of unbranched alkanes of at least 4 members (excludes halogenated alkanes) is 37. The van der Waals surface area contributed by atoms with Crippen molar-refractivity contribution in [3.8, 4) is 0 Å². The number of esters is 1. The van der Waals surface area contributed by atoms with E-state index in [1.807, 2.05) is 6.08 Å². The summed E-state index contributed by atoms with van der Waals surface area (Å²) in [5, 5.41) is 23.0. The van der Waals surface area contributed by atoms with E-state index < -0.39 is 12.1 Å². The molecule has 0 saturated heterocycles. The van der Waals surface area contributed by atoms with E-state index in [0.717, 1.165) is 44.9 Å². The zero-order valence-electron chi connectivity index (χ0n) is 40.9. The Kier molecular flexibility index (Phi) is 49.6. The van der Waals surface area contributed by atoms with Crippen LogP contribution in [0.5, 0.6) is 0 Å². The Morgan fingerprint density at radius 2 is 0.787 bits per heavy atom. The topological polar surface area (TPSA) is 95.9 Å². The maximum atomic E-state index is 12.4. The summed E-state index contributed by atoms with van der Waals surface area (Å²) < 4.78 is 5.45. The lowest BCUT2D eigenvalue weighted by atomic mass is 10.0. The minimum absolute atomic E-state index is 0.00144. The van der Waals surface area contributed by atoms with Crippen molar-refractivity contribution >= 4 is 11.9 Å². The van der Waals surface area contributed by atoms with Crippen molar-refractivity contribution in [2.75, 3.05) is 13.2 Å². The Morgan fingerprint density at radius 1 is 0.443 bits per heavy atom. The fourth-order valence-corrected chi connectivity index (χ4v) is 8.26. The molecule has 61 heavy (non-hydrogen) atoms. The quantitative estimate of drug-likeness (QED) is 0.0322. The summed E-state index contributed by atoms with van der Waals surface area (Å²) in [6, 6.07) is -0.628. The average Bonchev–Trinajstić information content (AvgIpc) is 3.26. The monoisotopic (exact) mass is 860 g/mol. The second-order valence-corrected chi connectivity index (χ2v) is 18.6. The number of hydrogen-bond donors (Lipinski definition) is 3. The fourth-order valence-electron chi connectivity index (χ4n) is 8.26. The van der Waals surface area contributed by atoms with Gasteiger partial charge in [-0.05, 0) is 51.4 Å². The van der Waals surface area contributed by atoms with Crippen molar-refractivity contribution in [3.63, 3.8) is 0 Å². The minimum Gasteiger partial charge on any atom is -0.466 e. The molecular formula is C55H105NO5. The molecule has 0 aromatic carbocycles. The number of nitrogens with one attached hydrogen (secondary N) is 1. The Labute approximate surface area is 380 Å².